The zero-order valence-electron chi connectivity index (χ0n) is 12.9. The second kappa shape index (κ2) is 6.00. The molecule has 2 rings (SSSR count). The fourth-order valence-electron chi connectivity index (χ4n) is 2.60. The normalized spacial score (nSPS) is 22.9. The maximum atomic E-state index is 12.1. The van der Waals surface area contributed by atoms with Crippen molar-refractivity contribution in [2.45, 2.75) is 52.1 Å². The van der Waals surface area contributed by atoms with Gasteiger partial charge >= 0.3 is 0 Å². The summed E-state index contributed by atoms with van der Waals surface area (Å²) in [5.74, 6) is 3.61. The SMILES string of the molecule is CC(C)C[C@@H](N)C(=O)N(C)Cc1ccc(C2CC2C)o1. The van der Waals surface area contributed by atoms with Gasteiger partial charge in [0, 0.05) is 13.0 Å². The van der Waals surface area contributed by atoms with Crippen LogP contribution in [0.5, 0.6) is 0 Å². The van der Waals surface area contributed by atoms with Crippen molar-refractivity contribution >= 4 is 5.91 Å². The third-order valence-electron chi connectivity index (χ3n) is 3.97. The molecule has 3 atom stereocenters. The van der Waals surface area contributed by atoms with E-state index in [9.17, 15) is 4.79 Å². The molecule has 20 heavy (non-hydrogen) atoms. The summed E-state index contributed by atoms with van der Waals surface area (Å²) in [4.78, 5) is 13.8. The number of furan rings is 1. The Bertz CT molecular complexity index is 467. The minimum atomic E-state index is -0.419. The molecule has 4 heteroatoms. The Morgan fingerprint density at radius 1 is 1.50 bits per heavy atom. The summed E-state index contributed by atoms with van der Waals surface area (Å²) in [5, 5.41) is 0. The Labute approximate surface area is 121 Å². The van der Waals surface area contributed by atoms with E-state index in [1.165, 1.54) is 6.42 Å². The van der Waals surface area contributed by atoms with Crippen LogP contribution >= 0.6 is 0 Å². The summed E-state index contributed by atoms with van der Waals surface area (Å²) in [6.45, 7) is 6.87. The molecule has 112 valence electrons. The molecular weight excluding hydrogens is 252 g/mol. The zero-order chi connectivity index (χ0) is 14.9. The number of likely N-dealkylation sites (N-methyl/N-ethyl adjacent to an activating group) is 1. The first-order valence-corrected chi connectivity index (χ1v) is 7.47. The van der Waals surface area contributed by atoms with Crippen LogP contribution in [0.4, 0.5) is 0 Å². The van der Waals surface area contributed by atoms with Crippen LogP contribution in [0.25, 0.3) is 0 Å². The molecule has 1 heterocycles. The van der Waals surface area contributed by atoms with Gasteiger partial charge < -0.3 is 15.1 Å². The Kier molecular flexibility index (Phi) is 4.53. The van der Waals surface area contributed by atoms with E-state index in [4.69, 9.17) is 10.2 Å². The lowest BCUT2D eigenvalue weighted by Crippen LogP contribution is -2.42. The van der Waals surface area contributed by atoms with Gasteiger partial charge in [-0.1, -0.05) is 20.8 Å². The summed E-state index contributed by atoms with van der Waals surface area (Å²) >= 11 is 0. The molecule has 2 unspecified atom stereocenters. The lowest BCUT2D eigenvalue weighted by Gasteiger charge is -2.21. The first-order chi connectivity index (χ1) is 9.38. The number of nitrogens with zero attached hydrogens (tertiary/aromatic N) is 1. The molecule has 2 N–H and O–H groups in total. The molecule has 1 aromatic rings. The van der Waals surface area contributed by atoms with Crippen molar-refractivity contribution in [1.29, 1.82) is 0 Å². The van der Waals surface area contributed by atoms with Gasteiger partial charge in [0.05, 0.1) is 12.6 Å². The Balaban J connectivity index is 1.88. The van der Waals surface area contributed by atoms with E-state index in [0.29, 0.717) is 24.8 Å². The molecule has 0 spiro atoms. The predicted octanol–water partition coefficient (Wildman–Crippen LogP) is 2.73. The minimum absolute atomic E-state index is 0.0172. The summed E-state index contributed by atoms with van der Waals surface area (Å²) in [6.07, 6.45) is 1.92. The lowest BCUT2D eigenvalue weighted by atomic mass is 10.0. The maximum Gasteiger partial charge on any atom is 0.239 e. The van der Waals surface area contributed by atoms with Gasteiger partial charge in [-0.3, -0.25) is 4.79 Å². The maximum absolute atomic E-state index is 12.1. The molecule has 4 nitrogen and oxygen atoms in total. The van der Waals surface area contributed by atoms with Crippen LogP contribution in [-0.2, 0) is 11.3 Å². The molecule has 0 bridgehead atoms. The van der Waals surface area contributed by atoms with Gasteiger partial charge in [-0.25, -0.2) is 0 Å². The van der Waals surface area contributed by atoms with Crippen LogP contribution in [0.3, 0.4) is 0 Å². The zero-order valence-corrected chi connectivity index (χ0v) is 12.9. The number of rotatable bonds is 6. The Morgan fingerprint density at radius 2 is 2.15 bits per heavy atom. The van der Waals surface area contributed by atoms with Gasteiger partial charge in [0.15, 0.2) is 0 Å². The molecule has 1 saturated carbocycles. The molecule has 0 aliphatic heterocycles. The highest BCUT2D eigenvalue weighted by molar-refractivity contribution is 5.81. The van der Waals surface area contributed by atoms with E-state index >= 15 is 0 Å². The monoisotopic (exact) mass is 278 g/mol. The second-order valence-electron chi connectivity index (χ2n) is 6.55. The molecular formula is C16H26N2O2. The Morgan fingerprint density at radius 3 is 2.70 bits per heavy atom. The third kappa shape index (κ3) is 3.63. The number of carbonyl (C=O) groups is 1. The van der Waals surface area contributed by atoms with Gasteiger partial charge in [0.1, 0.15) is 11.5 Å². The largest absolute Gasteiger partial charge is 0.464 e. The van der Waals surface area contributed by atoms with Crippen LogP contribution in [0, 0.1) is 11.8 Å². The third-order valence-corrected chi connectivity index (χ3v) is 3.97. The number of nitrogens with two attached hydrogens (primary N) is 1. The molecule has 1 fully saturated rings. The first kappa shape index (κ1) is 15.1. The average Bonchev–Trinajstić information content (AvgIpc) is 2.91. The van der Waals surface area contributed by atoms with Crippen molar-refractivity contribution in [3.05, 3.63) is 23.7 Å². The number of carbonyl (C=O) groups excluding carboxylic acids is 1. The fourth-order valence-corrected chi connectivity index (χ4v) is 2.60. The van der Waals surface area contributed by atoms with E-state index in [-0.39, 0.29) is 5.91 Å². The number of amides is 1. The van der Waals surface area contributed by atoms with Crippen LogP contribution in [-0.4, -0.2) is 23.9 Å². The summed E-state index contributed by atoms with van der Waals surface area (Å²) in [6, 6.07) is 3.59. The van der Waals surface area contributed by atoms with Crippen molar-refractivity contribution < 1.29 is 9.21 Å². The minimum Gasteiger partial charge on any atom is -0.464 e. The second-order valence-corrected chi connectivity index (χ2v) is 6.55. The van der Waals surface area contributed by atoms with Crippen molar-refractivity contribution in [3.63, 3.8) is 0 Å². The molecule has 1 aromatic heterocycles. The fraction of sp³-hybridized carbons (Fsp3) is 0.688. The highest BCUT2D eigenvalue weighted by Gasteiger charge is 2.36. The van der Waals surface area contributed by atoms with E-state index in [2.05, 4.69) is 20.8 Å². The standard InChI is InChI=1S/C16H26N2O2/c1-10(2)7-14(17)16(19)18(4)9-12-5-6-15(20-12)13-8-11(13)3/h5-6,10-11,13-14H,7-9,17H2,1-4H3/t11?,13?,14-/m1/s1. The first-order valence-electron chi connectivity index (χ1n) is 7.47. The highest BCUT2D eigenvalue weighted by Crippen LogP contribution is 2.47. The van der Waals surface area contributed by atoms with Gasteiger partial charge in [-0.2, -0.15) is 0 Å². The molecule has 0 saturated heterocycles. The molecule has 0 aromatic carbocycles. The van der Waals surface area contributed by atoms with Crippen molar-refractivity contribution in [2.75, 3.05) is 7.05 Å². The van der Waals surface area contributed by atoms with Gasteiger partial charge in [-0.15, -0.1) is 0 Å². The van der Waals surface area contributed by atoms with Crippen LogP contribution in [0.1, 0.15) is 51.1 Å². The average molecular weight is 278 g/mol. The smallest absolute Gasteiger partial charge is 0.239 e. The van der Waals surface area contributed by atoms with Crippen molar-refractivity contribution in [3.8, 4) is 0 Å². The summed E-state index contributed by atoms with van der Waals surface area (Å²) in [7, 11) is 1.78. The molecule has 1 aliphatic carbocycles. The van der Waals surface area contributed by atoms with E-state index in [1.54, 1.807) is 11.9 Å². The van der Waals surface area contributed by atoms with Gasteiger partial charge in [0.25, 0.3) is 0 Å². The molecule has 1 aliphatic rings. The summed E-state index contributed by atoms with van der Waals surface area (Å²) in [5.41, 5.74) is 5.93. The predicted molar refractivity (Wildman–Crippen MR) is 79.1 cm³/mol. The number of hydrogen-bond donors (Lipinski definition) is 1. The highest BCUT2D eigenvalue weighted by atomic mass is 16.3. The van der Waals surface area contributed by atoms with Gasteiger partial charge in [-0.05, 0) is 36.8 Å². The van der Waals surface area contributed by atoms with Gasteiger partial charge in [0.2, 0.25) is 5.91 Å². The lowest BCUT2D eigenvalue weighted by molar-refractivity contribution is -0.132. The summed E-state index contributed by atoms with van der Waals surface area (Å²) < 4.78 is 5.82. The quantitative estimate of drug-likeness (QED) is 0.870. The van der Waals surface area contributed by atoms with E-state index in [0.717, 1.165) is 17.4 Å². The topological polar surface area (TPSA) is 59.5 Å². The molecule has 1 amide bonds. The van der Waals surface area contributed by atoms with Crippen LogP contribution < -0.4 is 5.73 Å². The number of hydrogen-bond acceptors (Lipinski definition) is 3. The van der Waals surface area contributed by atoms with Crippen molar-refractivity contribution in [1.82, 2.24) is 4.90 Å². The van der Waals surface area contributed by atoms with Crippen molar-refractivity contribution in [2.24, 2.45) is 17.6 Å². The molecule has 0 radical (unpaired) electrons. The van der Waals surface area contributed by atoms with E-state index in [1.807, 2.05) is 12.1 Å². The Hall–Kier alpha value is -1.29. The van der Waals surface area contributed by atoms with Crippen LogP contribution in [0.2, 0.25) is 0 Å². The van der Waals surface area contributed by atoms with Crippen LogP contribution in [0.15, 0.2) is 16.5 Å². The van der Waals surface area contributed by atoms with E-state index < -0.39 is 6.04 Å².